The standard InChI is InChI=1S/C9H12N2O2/c10-9(12)11-7-13-6-8-4-2-1-3-5-8/h1-5H,6-7H2,(H3,10,11,12). The van der Waals surface area contributed by atoms with Crippen LogP contribution in [0.4, 0.5) is 4.79 Å². The maximum Gasteiger partial charge on any atom is 0.313 e. The summed E-state index contributed by atoms with van der Waals surface area (Å²) in [6.45, 7) is 0.616. The van der Waals surface area contributed by atoms with Crippen molar-refractivity contribution in [3.05, 3.63) is 35.9 Å². The highest BCUT2D eigenvalue weighted by molar-refractivity contribution is 5.71. The normalized spacial score (nSPS) is 9.54. The summed E-state index contributed by atoms with van der Waals surface area (Å²) in [5.74, 6) is 0. The van der Waals surface area contributed by atoms with E-state index in [9.17, 15) is 4.79 Å². The molecular weight excluding hydrogens is 168 g/mol. The number of rotatable bonds is 4. The monoisotopic (exact) mass is 180 g/mol. The lowest BCUT2D eigenvalue weighted by Crippen LogP contribution is -2.31. The molecule has 1 aromatic rings. The Balaban J connectivity index is 2.17. The Kier molecular flexibility index (Phi) is 3.78. The molecule has 1 aromatic carbocycles. The van der Waals surface area contributed by atoms with Crippen LogP contribution in [0.3, 0.4) is 0 Å². The van der Waals surface area contributed by atoms with Gasteiger partial charge < -0.3 is 15.8 Å². The third-order valence-electron chi connectivity index (χ3n) is 1.46. The quantitative estimate of drug-likeness (QED) is 0.532. The van der Waals surface area contributed by atoms with Gasteiger partial charge in [-0.2, -0.15) is 0 Å². The molecule has 13 heavy (non-hydrogen) atoms. The van der Waals surface area contributed by atoms with Gasteiger partial charge in [0, 0.05) is 0 Å². The molecule has 3 N–H and O–H groups in total. The second-order valence-electron chi connectivity index (χ2n) is 2.52. The predicted octanol–water partition coefficient (Wildman–Crippen LogP) is 0.829. The van der Waals surface area contributed by atoms with Crippen LogP contribution in [0.15, 0.2) is 30.3 Å². The highest BCUT2D eigenvalue weighted by Gasteiger charge is 1.92. The van der Waals surface area contributed by atoms with E-state index in [2.05, 4.69) is 5.32 Å². The van der Waals surface area contributed by atoms with Crippen LogP contribution in [0.2, 0.25) is 0 Å². The fourth-order valence-corrected chi connectivity index (χ4v) is 0.865. The lowest BCUT2D eigenvalue weighted by molar-refractivity contribution is 0.109. The summed E-state index contributed by atoms with van der Waals surface area (Å²) in [6.07, 6.45) is 0. The molecule has 0 aliphatic heterocycles. The predicted molar refractivity (Wildman–Crippen MR) is 48.8 cm³/mol. The minimum Gasteiger partial charge on any atom is -0.357 e. The van der Waals surface area contributed by atoms with E-state index >= 15 is 0 Å². The second kappa shape index (κ2) is 5.16. The Morgan fingerprint density at radius 3 is 2.69 bits per heavy atom. The third-order valence-corrected chi connectivity index (χ3v) is 1.46. The zero-order chi connectivity index (χ0) is 9.52. The average molecular weight is 180 g/mol. The lowest BCUT2D eigenvalue weighted by atomic mass is 10.2. The first-order valence-electron chi connectivity index (χ1n) is 3.94. The van der Waals surface area contributed by atoms with E-state index in [1.54, 1.807) is 0 Å². The molecule has 1 rings (SSSR count). The van der Waals surface area contributed by atoms with E-state index in [0.717, 1.165) is 5.56 Å². The minimum absolute atomic E-state index is 0.143. The molecule has 70 valence electrons. The fraction of sp³-hybridized carbons (Fsp3) is 0.222. The summed E-state index contributed by atoms with van der Waals surface area (Å²) >= 11 is 0. The number of ether oxygens (including phenoxy) is 1. The number of urea groups is 1. The van der Waals surface area contributed by atoms with Crippen LogP contribution in [-0.2, 0) is 11.3 Å². The number of nitrogens with two attached hydrogens (primary N) is 1. The number of carbonyl (C=O) groups excluding carboxylic acids is 1. The number of carbonyl (C=O) groups is 1. The van der Waals surface area contributed by atoms with Crippen molar-refractivity contribution < 1.29 is 9.53 Å². The molecule has 0 saturated heterocycles. The molecule has 0 heterocycles. The van der Waals surface area contributed by atoms with E-state index in [-0.39, 0.29) is 6.73 Å². The van der Waals surface area contributed by atoms with Crippen LogP contribution in [0, 0.1) is 0 Å². The molecule has 4 heteroatoms. The van der Waals surface area contributed by atoms with Crippen LogP contribution in [-0.4, -0.2) is 12.8 Å². The summed E-state index contributed by atoms with van der Waals surface area (Å²) in [4.78, 5) is 10.2. The van der Waals surface area contributed by atoms with Crippen molar-refractivity contribution in [3.8, 4) is 0 Å². The number of primary amides is 1. The van der Waals surface area contributed by atoms with Crippen LogP contribution >= 0.6 is 0 Å². The van der Waals surface area contributed by atoms with Gasteiger partial charge in [0.1, 0.15) is 6.73 Å². The summed E-state index contributed by atoms with van der Waals surface area (Å²) in [5, 5.41) is 2.33. The Bertz CT molecular complexity index is 262. The van der Waals surface area contributed by atoms with Gasteiger partial charge >= 0.3 is 6.03 Å². The van der Waals surface area contributed by atoms with E-state index in [1.807, 2.05) is 30.3 Å². The maximum atomic E-state index is 10.2. The molecule has 0 aromatic heterocycles. The number of amides is 2. The van der Waals surface area contributed by atoms with Gasteiger partial charge in [-0.25, -0.2) is 4.79 Å². The van der Waals surface area contributed by atoms with Crippen molar-refractivity contribution in [1.29, 1.82) is 0 Å². The van der Waals surface area contributed by atoms with Crippen molar-refractivity contribution in [3.63, 3.8) is 0 Å². The van der Waals surface area contributed by atoms with Gasteiger partial charge in [0.2, 0.25) is 0 Å². The number of nitrogens with one attached hydrogen (secondary N) is 1. The molecule has 4 nitrogen and oxygen atoms in total. The lowest BCUT2D eigenvalue weighted by Gasteiger charge is -2.03. The van der Waals surface area contributed by atoms with E-state index in [0.29, 0.717) is 6.61 Å². The van der Waals surface area contributed by atoms with Gasteiger partial charge in [-0.3, -0.25) is 0 Å². The van der Waals surface area contributed by atoms with Gasteiger partial charge in [-0.05, 0) is 5.56 Å². The first-order chi connectivity index (χ1) is 6.29. The van der Waals surface area contributed by atoms with Gasteiger partial charge in [-0.15, -0.1) is 0 Å². The topological polar surface area (TPSA) is 64.4 Å². The van der Waals surface area contributed by atoms with Gasteiger partial charge in [-0.1, -0.05) is 30.3 Å². The van der Waals surface area contributed by atoms with Crippen molar-refractivity contribution in [2.75, 3.05) is 6.73 Å². The number of hydrogen-bond acceptors (Lipinski definition) is 2. The minimum atomic E-state index is -0.576. The SMILES string of the molecule is NC(=O)NCOCc1ccccc1. The molecule has 2 amide bonds. The van der Waals surface area contributed by atoms with Gasteiger partial charge in [0.05, 0.1) is 6.61 Å². The Hall–Kier alpha value is -1.55. The smallest absolute Gasteiger partial charge is 0.313 e. The Morgan fingerprint density at radius 2 is 2.08 bits per heavy atom. The van der Waals surface area contributed by atoms with Gasteiger partial charge in [0.25, 0.3) is 0 Å². The third kappa shape index (κ3) is 4.12. The summed E-state index contributed by atoms with van der Waals surface area (Å²) < 4.78 is 5.12. The zero-order valence-corrected chi connectivity index (χ0v) is 7.19. The second-order valence-corrected chi connectivity index (χ2v) is 2.52. The number of benzene rings is 1. The molecule has 0 radical (unpaired) electrons. The highest BCUT2D eigenvalue weighted by Crippen LogP contribution is 1.99. The average Bonchev–Trinajstić information content (AvgIpc) is 2.14. The molecule has 0 bridgehead atoms. The molecule has 0 spiro atoms. The maximum absolute atomic E-state index is 10.2. The van der Waals surface area contributed by atoms with E-state index < -0.39 is 6.03 Å². The first kappa shape index (κ1) is 9.54. The van der Waals surface area contributed by atoms with Crippen LogP contribution in [0.5, 0.6) is 0 Å². The molecular formula is C9H12N2O2. The summed E-state index contributed by atoms with van der Waals surface area (Å²) in [5.41, 5.74) is 5.91. The van der Waals surface area contributed by atoms with Crippen LogP contribution < -0.4 is 11.1 Å². The Labute approximate surface area is 76.7 Å². The van der Waals surface area contributed by atoms with Crippen molar-refractivity contribution in [2.24, 2.45) is 5.73 Å². The van der Waals surface area contributed by atoms with Crippen molar-refractivity contribution in [2.45, 2.75) is 6.61 Å². The molecule has 0 atom stereocenters. The molecule has 0 saturated carbocycles. The summed E-state index contributed by atoms with van der Waals surface area (Å²) in [6, 6.07) is 9.12. The van der Waals surface area contributed by atoms with E-state index in [4.69, 9.17) is 10.5 Å². The zero-order valence-electron chi connectivity index (χ0n) is 7.19. The first-order valence-corrected chi connectivity index (χ1v) is 3.94. The van der Waals surface area contributed by atoms with Crippen molar-refractivity contribution >= 4 is 6.03 Å². The number of hydrogen-bond donors (Lipinski definition) is 2. The molecule has 0 aliphatic rings. The van der Waals surface area contributed by atoms with Crippen molar-refractivity contribution in [1.82, 2.24) is 5.32 Å². The van der Waals surface area contributed by atoms with E-state index in [1.165, 1.54) is 0 Å². The van der Waals surface area contributed by atoms with Crippen LogP contribution in [0.25, 0.3) is 0 Å². The van der Waals surface area contributed by atoms with Gasteiger partial charge in [0.15, 0.2) is 0 Å². The molecule has 0 unspecified atom stereocenters. The highest BCUT2D eigenvalue weighted by atomic mass is 16.5. The van der Waals surface area contributed by atoms with Crippen LogP contribution in [0.1, 0.15) is 5.56 Å². The largest absolute Gasteiger partial charge is 0.357 e. The fourth-order valence-electron chi connectivity index (χ4n) is 0.865. The molecule has 0 fully saturated rings. The summed E-state index contributed by atoms with van der Waals surface area (Å²) in [7, 11) is 0. The Morgan fingerprint density at radius 1 is 1.38 bits per heavy atom. The molecule has 0 aliphatic carbocycles.